The first-order valence-corrected chi connectivity index (χ1v) is 12.1. The van der Waals surface area contributed by atoms with E-state index in [1.54, 1.807) is 6.20 Å². The molecular formula is C30H25N5O. The number of para-hydroxylation sites is 1. The summed E-state index contributed by atoms with van der Waals surface area (Å²) >= 11 is 0. The Labute approximate surface area is 209 Å². The van der Waals surface area contributed by atoms with Gasteiger partial charge in [-0.25, -0.2) is 0 Å². The SMILES string of the molecule is c1ccc(-c2noc(-c3cc(Nc4ccc(CCCc5c[nH]c6ccccc56)cc4)ccn3)n2)cc1. The third-order valence-corrected chi connectivity index (χ3v) is 6.27. The van der Waals surface area contributed by atoms with E-state index in [4.69, 9.17) is 4.52 Å². The molecule has 6 aromatic rings. The summed E-state index contributed by atoms with van der Waals surface area (Å²) in [6, 6.07) is 30.7. The Bertz CT molecular complexity index is 1590. The molecule has 0 aliphatic rings. The minimum absolute atomic E-state index is 0.392. The van der Waals surface area contributed by atoms with Crippen molar-refractivity contribution in [3.8, 4) is 23.0 Å². The maximum absolute atomic E-state index is 5.46. The van der Waals surface area contributed by atoms with Gasteiger partial charge in [-0.3, -0.25) is 4.98 Å². The summed E-state index contributed by atoms with van der Waals surface area (Å²) in [7, 11) is 0. The first-order chi connectivity index (χ1) is 17.8. The highest BCUT2D eigenvalue weighted by atomic mass is 16.5. The van der Waals surface area contributed by atoms with Gasteiger partial charge in [0.1, 0.15) is 5.69 Å². The number of nitrogens with one attached hydrogen (secondary N) is 2. The molecule has 0 atom stereocenters. The minimum atomic E-state index is 0.392. The summed E-state index contributed by atoms with van der Waals surface area (Å²) in [5.41, 5.74) is 7.38. The molecule has 0 saturated heterocycles. The Kier molecular flexibility index (Phi) is 5.98. The zero-order valence-electron chi connectivity index (χ0n) is 19.7. The number of hydrogen-bond donors (Lipinski definition) is 2. The second-order valence-electron chi connectivity index (χ2n) is 8.75. The molecule has 3 aromatic heterocycles. The fourth-order valence-electron chi connectivity index (χ4n) is 4.40. The molecule has 0 radical (unpaired) electrons. The molecule has 2 N–H and O–H groups in total. The van der Waals surface area contributed by atoms with Crippen LogP contribution in [0.25, 0.3) is 33.9 Å². The van der Waals surface area contributed by atoms with Crippen LogP contribution in [0.2, 0.25) is 0 Å². The molecule has 0 aliphatic carbocycles. The molecule has 3 heterocycles. The molecule has 0 unspecified atom stereocenters. The average molecular weight is 472 g/mol. The predicted octanol–water partition coefficient (Wildman–Crippen LogP) is 7.20. The summed E-state index contributed by atoms with van der Waals surface area (Å²) in [6.45, 7) is 0. The van der Waals surface area contributed by atoms with Gasteiger partial charge in [0.2, 0.25) is 5.82 Å². The molecule has 0 amide bonds. The van der Waals surface area contributed by atoms with Gasteiger partial charge in [-0.2, -0.15) is 4.98 Å². The number of aromatic nitrogens is 4. The van der Waals surface area contributed by atoms with E-state index in [1.807, 2.05) is 42.5 Å². The topological polar surface area (TPSA) is 79.6 Å². The lowest BCUT2D eigenvalue weighted by atomic mass is 10.0. The lowest BCUT2D eigenvalue weighted by Crippen LogP contribution is -1.94. The predicted molar refractivity (Wildman–Crippen MR) is 143 cm³/mol. The van der Waals surface area contributed by atoms with E-state index in [0.717, 1.165) is 36.2 Å². The monoisotopic (exact) mass is 471 g/mol. The van der Waals surface area contributed by atoms with Gasteiger partial charge < -0.3 is 14.8 Å². The smallest absolute Gasteiger partial charge is 0.276 e. The number of aryl methyl sites for hydroxylation is 2. The average Bonchev–Trinajstić information content (AvgIpc) is 3.59. The van der Waals surface area contributed by atoms with Gasteiger partial charge in [-0.15, -0.1) is 0 Å². The minimum Gasteiger partial charge on any atom is -0.361 e. The van der Waals surface area contributed by atoms with E-state index in [0.29, 0.717) is 17.4 Å². The van der Waals surface area contributed by atoms with E-state index in [1.165, 1.54) is 22.0 Å². The van der Waals surface area contributed by atoms with Crippen molar-refractivity contribution in [2.75, 3.05) is 5.32 Å². The van der Waals surface area contributed by atoms with E-state index >= 15 is 0 Å². The van der Waals surface area contributed by atoms with E-state index in [9.17, 15) is 0 Å². The van der Waals surface area contributed by atoms with Crippen LogP contribution >= 0.6 is 0 Å². The summed E-state index contributed by atoms with van der Waals surface area (Å²) < 4.78 is 5.46. The number of hydrogen-bond acceptors (Lipinski definition) is 5. The summed E-state index contributed by atoms with van der Waals surface area (Å²) in [5.74, 6) is 0.939. The zero-order chi connectivity index (χ0) is 24.2. The third kappa shape index (κ3) is 4.74. The third-order valence-electron chi connectivity index (χ3n) is 6.27. The zero-order valence-corrected chi connectivity index (χ0v) is 19.7. The maximum atomic E-state index is 5.46. The largest absolute Gasteiger partial charge is 0.361 e. The number of fused-ring (bicyclic) bond motifs is 1. The fraction of sp³-hybridized carbons (Fsp3) is 0.100. The second-order valence-corrected chi connectivity index (χ2v) is 8.75. The normalized spacial score (nSPS) is 11.1. The number of pyridine rings is 1. The van der Waals surface area contributed by atoms with Gasteiger partial charge in [0.25, 0.3) is 5.89 Å². The molecule has 36 heavy (non-hydrogen) atoms. The van der Waals surface area contributed by atoms with Crippen LogP contribution in [0, 0.1) is 0 Å². The van der Waals surface area contributed by atoms with E-state index in [-0.39, 0.29) is 0 Å². The van der Waals surface area contributed by atoms with Crippen LogP contribution in [0.15, 0.2) is 108 Å². The summed E-state index contributed by atoms with van der Waals surface area (Å²) in [6.07, 6.45) is 7.09. The van der Waals surface area contributed by atoms with Crippen molar-refractivity contribution in [2.45, 2.75) is 19.3 Å². The maximum Gasteiger partial charge on any atom is 0.276 e. The number of benzene rings is 3. The molecular weight excluding hydrogens is 446 g/mol. The molecule has 0 aliphatic heterocycles. The molecule has 0 fully saturated rings. The standard InChI is InChI=1S/C30H25N5O/c1-2-8-22(9-3-1)29-34-30(36-35-29)28-19-25(17-18-31-28)33-24-15-13-21(14-16-24)7-6-10-23-20-32-27-12-5-4-11-26(23)27/h1-5,8-9,11-20,32H,6-7,10H2,(H,31,33). The Morgan fingerprint density at radius 1 is 0.806 bits per heavy atom. The van der Waals surface area contributed by atoms with Crippen molar-refractivity contribution < 1.29 is 4.52 Å². The quantitative estimate of drug-likeness (QED) is 0.245. The molecule has 6 nitrogen and oxygen atoms in total. The Hall–Kier alpha value is -4.71. The van der Waals surface area contributed by atoms with Gasteiger partial charge in [0.05, 0.1) is 0 Å². The van der Waals surface area contributed by atoms with Gasteiger partial charge in [0.15, 0.2) is 0 Å². The van der Waals surface area contributed by atoms with Gasteiger partial charge in [0, 0.05) is 40.2 Å². The lowest BCUT2D eigenvalue weighted by molar-refractivity contribution is 0.431. The first kappa shape index (κ1) is 21.8. The van der Waals surface area contributed by atoms with Crippen molar-refractivity contribution in [1.29, 1.82) is 0 Å². The van der Waals surface area contributed by atoms with Crippen LogP contribution in [0.5, 0.6) is 0 Å². The molecule has 0 saturated carbocycles. The summed E-state index contributed by atoms with van der Waals surface area (Å²) in [5, 5.41) is 8.86. The molecule has 6 rings (SSSR count). The van der Waals surface area contributed by atoms with Crippen molar-refractivity contribution in [2.24, 2.45) is 0 Å². The number of aromatic amines is 1. The molecule has 176 valence electrons. The summed E-state index contributed by atoms with van der Waals surface area (Å²) in [4.78, 5) is 12.3. The van der Waals surface area contributed by atoms with Crippen LogP contribution in [0.1, 0.15) is 17.5 Å². The van der Waals surface area contributed by atoms with Crippen LogP contribution in [0.4, 0.5) is 11.4 Å². The highest BCUT2D eigenvalue weighted by Crippen LogP contribution is 2.25. The highest BCUT2D eigenvalue weighted by Gasteiger charge is 2.12. The molecule has 0 spiro atoms. The van der Waals surface area contributed by atoms with Crippen molar-refractivity contribution in [1.82, 2.24) is 20.1 Å². The van der Waals surface area contributed by atoms with Gasteiger partial charge in [-0.1, -0.05) is 65.8 Å². The van der Waals surface area contributed by atoms with Gasteiger partial charge in [-0.05, 0) is 60.7 Å². The van der Waals surface area contributed by atoms with Crippen LogP contribution < -0.4 is 5.32 Å². The fourth-order valence-corrected chi connectivity index (χ4v) is 4.40. The number of nitrogens with zero attached hydrogens (tertiary/aromatic N) is 3. The van der Waals surface area contributed by atoms with Crippen LogP contribution in [0.3, 0.4) is 0 Å². The second kappa shape index (κ2) is 9.88. The molecule has 0 bridgehead atoms. The Morgan fingerprint density at radius 2 is 1.64 bits per heavy atom. The van der Waals surface area contributed by atoms with Crippen LogP contribution in [-0.2, 0) is 12.8 Å². The highest BCUT2D eigenvalue weighted by molar-refractivity contribution is 5.83. The van der Waals surface area contributed by atoms with Crippen molar-refractivity contribution in [3.63, 3.8) is 0 Å². The number of anilines is 2. The first-order valence-electron chi connectivity index (χ1n) is 12.1. The number of H-pyrrole nitrogens is 1. The number of rotatable bonds is 8. The molecule has 3 aromatic carbocycles. The Morgan fingerprint density at radius 3 is 2.53 bits per heavy atom. The molecule has 6 heteroatoms. The van der Waals surface area contributed by atoms with Crippen molar-refractivity contribution >= 4 is 22.3 Å². The van der Waals surface area contributed by atoms with E-state index < -0.39 is 0 Å². The van der Waals surface area contributed by atoms with E-state index in [2.05, 4.69) is 80.2 Å². The Balaban J connectivity index is 1.08. The van der Waals surface area contributed by atoms with Gasteiger partial charge >= 0.3 is 0 Å². The van der Waals surface area contributed by atoms with Crippen molar-refractivity contribution in [3.05, 3.63) is 115 Å². The van der Waals surface area contributed by atoms with Crippen LogP contribution in [-0.4, -0.2) is 20.1 Å². The lowest BCUT2D eigenvalue weighted by Gasteiger charge is -2.08.